The summed E-state index contributed by atoms with van der Waals surface area (Å²) in [4.78, 5) is 0. The van der Waals surface area contributed by atoms with E-state index in [1.165, 1.54) is 6.26 Å². The van der Waals surface area contributed by atoms with E-state index in [0.29, 0.717) is 6.04 Å². The standard InChI is InChI=1S/C12H23NO2S2/c1-3-8-16-9-7-13-11-5-4-6-12(10-11)17(2,14)15/h3,11-13H,1,4-10H2,2H3. The lowest BCUT2D eigenvalue weighted by Gasteiger charge is -2.28. The van der Waals surface area contributed by atoms with Crippen molar-refractivity contribution in [3.63, 3.8) is 0 Å². The van der Waals surface area contributed by atoms with Crippen molar-refractivity contribution in [2.75, 3.05) is 24.3 Å². The molecule has 2 atom stereocenters. The first-order valence-corrected chi connectivity index (χ1v) is 9.26. The molecule has 0 bridgehead atoms. The Labute approximate surface area is 109 Å². The van der Waals surface area contributed by atoms with Gasteiger partial charge in [-0.25, -0.2) is 8.42 Å². The molecule has 1 N–H and O–H groups in total. The van der Waals surface area contributed by atoms with Crippen LogP contribution in [0.5, 0.6) is 0 Å². The van der Waals surface area contributed by atoms with Crippen molar-refractivity contribution in [1.82, 2.24) is 5.32 Å². The van der Waals surface area contributed by atoms with Gasteiger partial charge in [0.05, 0.1) is 5.25 Å². The van der Waals surface area contributed by atoms with Crippen LogP contribution in [0.15, 0.2) is 12.7 Å². The van der Waals surface area contributed by atoms with Gasteiger partial charge in [-0.3, -0.25) is 0 Å². The van der Waals surface area contributed by atoms with Crippen LogP contribution >= 0.6 is 11.8 Å². The molecular formula is C12H23NO2S2. The molecule has 5 heteroatoms. The van der Waals surface area contributed by atoms with Crippen LogP contribution in [0, 0.1) is 0 Å². The van der Waals surface area contributed by atoms with Crippen molar-refractivity contribution in [2.45, 2.75) is 37.0 Å². The Bertz CT molecular complexity index is 327. The molecule has 0 radical (unpaired) electrons. The van der Waals surface area contributed by atoms with Gasteiger partial charge < -0.3 is 5.32 Å². The maximum Gasteiger partial charge on any atom is 0.150 e. The Hall–Kier alpha value is -0.0000000000000000555. The molecule has 1 rings (SSSR count). The van der Waals surface area contributed by atoms with Gasteiger partial charge in [-0.05, 0) is 19.3 Å². The van der Waals surface area contributed by atoms with E-state index < -0.39 is 9.84 Å². The maximum atomic E-state index is 11.5. The molecule has 1 saturated carbocycles. The number of sulfone groups is 1. The van der Waals surface area contributed by atoms with Gasteiger partial charge in [0, 0.05) is 30.3 Å². The number of rotatable bonds is 7. The van der Waals surface area contributed by atoms with Crippen molar-refractivity contribution in [2.24, 2.45) is 0 Å². The Morgan fingerprint density at radius 1 is 1.47 bits per heavy atom. The molecule has 100 valence electrons. The zero-order valence-corrected chi connectivity index (χ0v) is 12.2. The Morgan fingerprint density at radius 3 is 2.88 bits per heavy atom. The third-order valence-electron chi connectivity index (χ3n) is 3.15. The zero-order chi connectivity index (χ0) is 12.7. The van der Waals surface area contributed by atoms with Gasteiger partial charge in [-0.15, -0.1) is 6.58 Å². The molecule has 1 fully saturated rings. The van der Waals surface area contributed by atoms with Gasteiger partial charge in [0.1, 0.15) is 9.84 Å². The van der Waals surface area contributed by atoms with Crippen molar-refractivity contribution in [1.29, 1.82) is 0 Å². The first-order chi connectivity index (χ1) is 8.04. The minimum atomic E-state index is -2.86. The predicted molar refractivity (Wildman–Crippen MR) is 76.4 cm³/mol. The molecule has 1 aliphatic rings. The van der Waals surface area contributed by atoms with Gasteiger partial charge in [-0.2, -0.15) is 11.8 Å². The summed E-state index contributed by atoms with van der Waals surface area (Å²) < 4.78 is 23.0. The molecule has 0 saturated heterocycles. The lowest BCUT2D eigenvalue weighted by molar-refractivity contribution is 0.379. The van der Waals surface area contributed by atoms with E-state index in [9.17, 15) is 8.42 Å². The minimum absolute atomic E-state index is 0.130. The van der Waals surface area contributed by atoms with Crippen LogP contribution in [0.2, 0.25) is 0 Å². The van der Waals surface area contributed by atoms with Crippen LogP contribution in [0.3, 0.4) is 0 Å². The summed E-state index contributed by atoms with van der Waals surface area (Å²) in [5.41, 5.74) is 0. The van der Waals surface area contributed by atoms with Crippen molar-refractivity contribution < 1.29 is 8.42 Å². The summed E-state index contributed by atoms with van der Waals surface area (Å²) in [6.07, 6.45) is 7.02. The van der Waals surface area contributed by atoms with E-state index in [-0.39, 0.29) is 5.25 Å². The fraction of sp³-hybridized carbons (Fsp3) is 0.833. The SMILES string of the molecule is C=CCSCCNC1CCCC(S(C)(=O)=O)C1. The third-order valence-corrected chi connectivity index (χ3v) is 5.75. The molecule has 0 spiro atoms. The predicted octanol–water partition coefficient (Wildman–Crippen LogP) is 1.85. The Morgan fingerprint density at radius 2 is 2.24 bits per heavy atom. The van der Waals surface area contributed by atoms with Gasteiger partial charge in [0.25, 0.3) is 0 Å². The van der Waals surface area contributed by atoms with Gasteiger partial charge in [-0.1, -0.05) is 12.5 Å². The number of thioether (sulfide) groups is 1. The first kappa shape index (κ1) is 15.1. The first-order valence-electron chi connectivity index (χ1n) is 6.15. The number of hydrogen-bond donors (Lipinski definition) is 1. The molecule has 2 unspecified atom stereocenters. The lowest BCUT2D eigenvalue weighted by Crippen LogP contribution is -2.39. The van der Waals surface area contributed by atoms with Crippen LogP contribution in [-0.2, 0) is 9.84 Å². The maximum absolute atomic E-state index is 11.5. The third kappa shape index (κ3) is 5.93. The highest BCUT2D eigenvalue weighted by Crippen LogP contribution is 2.23. The van der Waals surface area contributed by atoms with E-state index in [4.69, 9.17) is 0 Å². The fourth-order valence-corrected chi connectivity index (χ4v) is 3.99. The zero-order valence-electron chi connectivity index (χ0n) is 10.5. The monoisotopic (exact) mass is 277 g/mol. The van der Waals surface area contributed by atoms with Crippen molar-refractivity contribution in [3.8, 4) is 0 Å². The van der Waals surface area contributed by atoms with Crippen LogP contribution in [-0.4, -0.2) is 44.0 Å². The second-order valence-corrected chi connectivity index (χ2v) is 8.11. The summed E-state index contributed by atoms with van der Waals surface area (Å²) in [6.45, 7) is 4.64. The molecule has 0 amide bonds. The molecule has 1 aliphatic carbocycles. The highest BCUT2D eigenvalue weighted by atomic mass is 32.2. The summed E-state index contributed by atoms with van der Waals surface area (Å²) in [5.74, 6) is 2.05. The molecule has 0 aliphatic heterocycles. The molecular weight excluding hydrogens is 254 g/mol. The van der Waals surface area contributed by atoms with E-state index in [1.54, 1.807) is 0 Å². The van der Waals surface area contributed by atoms with Gasteiger partial charge in [0.15, 0.2) is 0 Å². The average Bonchev–Trinajstić information content (AvgIpc) is 2.28. The normalized spacial score (nSPS) is 25.7. The topological polar surface area (TPSA) is 46.2 Å². The molecule has 0 aromatic carbocycles. The Balaban J connectivity index is 2.23. The average molecular weight is 277 g/mol. The summed E-state index contributed by atoms with van der Waals surface area (Å²) in [5, 5.41) is 3.33. The van der Waals surface area contributed by atoms with Crippen LogP contribution in [0.4, 0.5) is 0 Å². The van der Waals surface area contributed by atoms with Crippen LogP contribution in [0.25, 0.3) is 0 Å². The number of hydrogen-bond acceptors (Lipinski definition) is 4. The van der Waals surface area contributed by atoms with E-state index in [1.807, 2.05) is 17.8 Å². The second kappa shape index (κ2) is 7.44. The molecule has 0 aromatic rings. The lowest BCUT2D eigenvalue weighted by atomic mass is 9.95. The van der Waals surface area contributed by atoms with Crippen molar-refractivity contribution >= 4 is 21.6 Å². The summed E-state index contributed by atoms with van der Waals surface area (Å²) >= 11 is 1.85. The highest BCUT2D eigenvalue weighted by Gasteiger charge is 2.28. The van der Waals surface area contributed by atoms with Gasteiger partial charge >= 0.3 is 0 Å². The smallest absolute Gasteiger partial charge is 0.150 e. The Kier molecular flexibility index (Phi) is 6.59. The van der Waals surface area contributed by atoms with Crippen LogP contribution in [0.1, 0.15) is 25.7 Å². The number of nitrogens with one attached hydrogen (secondary N) is 1. The molecule has 0 aromatic heterocycles. The summed E-state index contributed by atoms with van der Waals surface area (Å²) in [6, 6.07) is 0.382. The van der Waals surface area contributed by atoms with E-state index >= 15 is 0 Å². The van der Waals surface area contributed by atoms with E-state index in [0.717, 1.165) is 43.7 Å². The summed E-state index contributed by atoms with van der Waals surface area (Å²) in [7, 11) is -2.86. The van der Waals surface area contributed by atoms with Crippen LogP contribution < -0.4 is 5.32 Å². The quantitative estimate of drug-likeness (QED) is 0.570. The minimum Gasteiger partial charge on any atom is -0.313 e. The highest BCUT2D eigenvalue weighted by molar-refractivity contribution is 7.99. The second-order valence-electron chi connectivity index (χ2n) is 4.63. The fourth-order valence-electron chi connectivity index (χ4n) is 2.22. The molecule has 0 heterocycles. The van der Waals surface area contributed by atoms with Gasteiger partial charge in [0.2, 0.25) is 0 Å². The largest absolute Gasteiger partial charge is 0.313 e. The van der Waals surface area contributed by atoms with Crippen molar-refractivity contribution in [3.05, 3.63) is 12.7 Å². The molecule has 17 heavy (non-hydrogen) atoms. The van der Waals surface area contributed by atoms with E-state index in [2.05, 4.69) is 11.9 Å². The molecule has 3 nitrogen and oxygen atoms in total.